The number of hydrogen-bond acceptors (Lipinski definition) is 4. The Morgan fingerprint density at radius 3 is 2.48 bits per heavy atom. The van der Waals surface area contributed by atoms with Crippen molar-refractivity contribution in [2.24, 2.45) is 0 Å². The second kappa shape index (κ2) is 5.31. The van der Waals surface area contributed by atoms with Crippen LogP contribution in [0.25, 0.3) is 22.0 Å². The van der Waals surface area contributed by atoms with E-state index >= 15 is 0 Å². The standard InChI is InChI=1S/C15H11FN2O2S/c1-21(20)13-7-10(9-2-4-11(16)5-3-9)6-12-14(13)17-8-18-15(12)19/h2-8H,1H3,(H,17,18,19). The number of benzene rings is 2. The molecular weight excluding hydrogens is 291 g/mol. The maximum absolute atomic E-state index is 13.0. The van der Waals surface area contributed by atoms with Crippen LogP contribution in [0.1, 0.15) is 0 Å². The lowest BCUT2D eigenvalue weighted by atomic mass is 10.0. The zero-order chi connectivity index (χ0) is 15.0. The highest BCUT2D eigenvalue weighted by atomic mass is 32.2. The maximum Gasteiger partial charge on any atom is 0.222 e. The van der Waals surface area contributed by atoms with E-state index < -0.39 is 11.2 Å². The molecule has 0 aliphatic carbocycles. The van der Waals surface area contributed by atoms with Crippen LogP contribution in [-0.2, 0) is 11.2 Å². The number of rotatable bonds is 2. The van der Waals surface area contributed by atoms with Gasteiger partial charge in [0.1, 0.15) is 23.9 Å². The molecule has 1 unspecified atom stereocenters. The highest BCUT2D eigenvalue weighted by Crippen LogP contribution is 2.32. The van der Waals surface area contributed by atoms with Gasteiger partial charge in [0.2, 0.25) is 5.88 Å². The smallest absolute Gasteiger partial charge is 0.222 e. The molecule has 0 bridgehead atoms. The third-order valence-corrected chi connectivity index (χ3v) is 4.10. The second-order valence-electron chi connectivity index (χ2n) is 4.53. The van der Waals surface area contributed by atoms with Crippen molar-refractivity contribution in [1.29, 1.82) is 0 Å². The van der Waals surface area contributed by atoms with E-state index in [1.807, 2.05) is 0 Å². The van der Waals surface area contributed by atoms with Gasteiger partial charge in [0, 0.05) is 6.07 Å². The molecule has 106 valence electrons. The molecule has 0 aliphatic rings. The first-order chi connectivity index (χ1) is 10.1. The first-order valence-corrected chi connectivity index (χ1v) is 7.69. The van der Waals surface area contributed by atoms with E-state index in [2.05, 4.69) is 9.97 Å². The maximum atomic E-state index is 13.0. The summed E-state index contributed by atoms with van der Waals surface area (Å²) in [6.45, 7) is 0. The molecule has 4 nitrogen and oxygen atoms in total. The molecule has 1 atom stereocenters. The summed E-state index contributed by atoms with van der Waals surface area (Å²) in [4.78, 5) is 8.33. The molecule has 1 aromatic heterocycles. The Morgan fingerprint density at radius 1 is 1.10 bits per heavy atom. The van der Waals surface area contributed by atoms with Gasteiger partial charge in [-0.1, -0.05) is 12.1 Å². The van der Waals surface area contributed by atoms with Gasteiger partial charge in [0.05, 0.1) is 5.39 Å². The van der Waals surface area contributed by atoms with Gasteiger partial charge in [-0.25, -0.2) is 14.4 Å². The lowest BCUT2D eigenvalue weighted by Gasteiger charge is -2.11. The van der Waals surface area contributed by atoms with E-state index in [-0.39, 0.29) is 11.7 Å². The van der Waals surface area contributed by atoms with E-state index in [9.17, 15) is 14.0 Å². The largest absolute Gasteiger partial charge is 0.612 e. The zero-order valence-electron chi connectivity index (χ0n) is 11.1. The fourth-order valence-electron chi connectivity index (χ4n) is 2.15. The Labute approximate surface area is 123 Å². The summed E-state index contributed by atoms with van der Waals surface area (Å²) < 4.78 is 24.9. The molecule has 0 aliphatic heterocycles. The predicted octanol–water partition coefficient (Wildman–Crippen LogP) is 2.88. The quantitative estimate of drug-likeness (QED) is 0.739. The second-order valence-corrected chi connectivity index (χ2v) is 5.88. The van der Waals surface area contributed by atoms with Crippen LogP contribution in [0.2, 0.25) is 0 Å². The topological polar surface area (TPSA) is 69.1 Å². The average molecular weight is 302 g/mol. The number of hydrogen-bond donors (Lipinski definition) is 1. The van der Waals surface area contributed by atoms with Crippen molar-refractivity contribution in [2.45, 2.75) is 4.90 Å². The molecule has 0 spiro atoms. The predicted molar refractivity (Wildman–Crippen MR) is 78.9 cm³/mol. The Morgan fingerprint density at radius 2 is 1.81 bits per heavy atom. The van der Waals surface area contributed by atoms with Crippen LogP contribution in [0.15, 0.2) is 47.6 Å². The van der Waals surface area contributed by atoms with Crippen LogP contribution in [-0.4, -0.2) is 25.9 Å². The molecular formula is C15H11FN2O2S. The fourth-order valence-corrected chi connectivity index (χ4v) is 2.88. The van der Waals surface area contributed by atoms with Crippen LogP contribution >= 0.6 is 0 Å². The highest BCUT2D eigenvalue weighted by molar-refractivity contribution is 7.91. The van der Waals surface area contributed by atoms with Gasteiger partial charge in [0.15, 0.2) is 4.90 Å². The molecule has 21 heavy (non-hydrogen) atoms. The zero-order valence-corrected chi connectivity index (χ0v) is 11.9. The van der Waals surface area contributed by atoms with Gasteiger partial charge >= 0.3 is 0 Å². The van der Waals surface area contributed by atoms with Crippen molar-refractivity contribution in [3.8, 4) is 17.0 Å². The van der Waals surface area contributed by atoms with E-state index in [0.29, 0.717) is 15.8 Å². The molecule has 0 radical (unpaired) electrons. The molecule has 1 N–H and O–H groups in total. The molecule has 0 saturated heterocycles. The Kier molecular flexibility index (Phi) is 3.48. The van der Waals surface area contributed by atoms with Gasteiger partial charge in [-0.15, -0.1) is 0 Å². The van der Waals surface area contributed by atoms with Crippen molar-refractivity contribution in [2.75, 3.05) is 6.26 Å². The minimum Gasteiger partial charge on any atom is -0.612 e. The van der Waals surface area contributed by atoms with Crippen LogP contribution < -0.4 is 0 Å². The molecule has 0 amide bonds. The third-order valence-electron chi connectivity index (χ3n) is 3.17. The SMILES string of the molecule is C[S+]([O-])c1cc(-c2ccc(F)cc2)cc2c(O)ncnc12. The summed E-state index contributed by atoms with van der Waals surface area (Å²) in [6.07, 6.45) is 2.77. The van der Waals surface area contributed by atoms with Gasteiger partial charge in [-0.05, 0) is 40.5 Å². The van der Waals surface area contributed by atoms with Crippen LogP contribution in [0.3, 0.4) is 0 Å². The van der Waals surface area contributed by atoms with Crippen molar-refractivity contribution in [3.63, 3.8) is 0 Å². The summed E-state index contributed by atoms with van der Waals surface area (Å²) in [7, 11) is 0. The first-order valence-electron chi connectivity index (χ1n) is 6.13. The third kappa shape index (κ3) is 2.55. The van der Waals surface area contributed by atoms with E-state index in [1.165, 1.54) is 18.5 Å². The van der Waals surface area contributed by atoms with Gasteiger partial charge in [-0.3, -0.25) is 0 Å². The first kappa shape index (κ1) is 13.8. The molecule has 1 heterocycles. The molecule has 3 aromatic rings. The summed E-state index contributed by atoms with van der Waals surface area (Å²) >= 11 is -1.28. The number of halogens is 1. The van der Waals surface area contributed by atoms with Crippen molar-refractivity contribution in [3.05, 3.63) is 48.5 Å². The summed E-state index contributed by atoms with van der Waals surface area (Å²) in [5.74, 6) is -0.499. The lowest BCUT2D eigenvalue weighted by molar-refractivity contribution is 0.459. The van der Waals surface area contributed by atoms with Gasteiger partial charge < -0.3 is 9.66 Å². The Bertz CT molecular complexity index is 807. The van der Waals surface area contributed by atoms with Crippen LogP contribution in [0, 0.1) is 5.82 Å². The Hall–Kier alpha value is -2.18. The number of aromatic hydroxyl groups is 1. The molecule has 0 saturated carbocycles. The minimum atomic E-state index is -1.28. The fraction of sp³-hybridized carbons (Fsp3) is 0.0667. The normalized spacial score (nSPS) is 12.5. The van der Waals surface area contributed by atoms with Crippen LogP contribution in [0.5, 0.6) is 5.88 Å². The van der Waals surface area contributed by atoms with Gasteiger partial charge in [0.25, 0.3) is 0 Å². The molecule has 2 aromatic carbocycles. The Balaban J connectivity index is 2.29. The summed E-state index contributed by atoms with van der Waals surface area (Å²) in [5, 5.41) is 10.3. The number of nitrogens with zero attached hydrogens (tertiary/aromatic N) is 2. The number of aromatic nitrogens is 2. The average Bonchev–Trinajstić information content (AvgIpc) is 2.47. The molecule has 6 heteroatoms. The van der Waals surface area contributed by atoms with Crippen molar-refractivity contribution in [1.82, 2.24) is 9.97 Å². The van der Waals surface area contributed by atoms with Crippen molar-refractivity contribution < 1.29 is 14.0 Å². The highest BCUT2D eigenvalue weighted by Gasteiger charge is 2.17. The van der Waals surface area contributed by atoms with E-state index in [1.54, 1.807) is 30.5 Å². The molecule has 3 rings (SSSR count). The summed E-state index contributed by atoms with van der Waals surface area (Å²) in [5.41, 5.74) is 1.93. The van der Waals surface area contributed by atoms with Gasteiger partial charge in [-0.2, -0.15) is 0 Å². The van der Waals surface area contributed by atoms with E-state index in [4.69, 9.17) is 0 Å². The van der Waals surface area contributed by atoms with E-state index in [0.717, 1.165) is 11.1 Å². The lowest BCUT2D eigenvalue weighted by Crippen LogP contribution is -2.01. The minimum absolute atomic E-state index is 0.171. The summed E-state index contributed by atoms with van der Waals surface area (Å²) in [6, 6.07) is 9.39. The van der Waals surface area contributed by atoms with Crippen molar-refractivity contribution >= 4 is 22.1 Å². The van der Waals surface area contributed by atoms with Crippen LogP contribution in [0.4, 0.5) is 4.39 Å². The monoisotopic (exact) mass is 302 g/mol. The molecule has 0 fully saturated rings. The number of fused-ring (bicyclic) bond motifs is 1.